The van der Waals surface area contributed by atoms with Crippen molar-refractivity contribution in [1.82, 2.24) is 0 Å². The Hall–Kier alpha value is -4.28. The molecule has 266 valence electrons. The Kier molecular flexibility index (Phi) is 9.10. The first-order chi connectivity index (χ1) is 23.5. The maximum absolute atomic E-state index is 16.2. The minimum Gasteiger partial charge on any atom is -0.458 e. The summed E-state index contributed by atoms with van der Waals surface area (Å²) in [5, 5.41) is -5.92. The second-order valence-corrected chi connectivity index (χ2v) is 16.6. The molecule has 3 aliphatic rings. The van der Waals surface area contributed by atoms with Gasteiger partial charge in [0.1, 0.15) is 12.2 Å². The summed E-state index contributed by atoms with van der Waals surface area (Å²) < 4.78 is 124. The number of esters is 3. The summed E-state index contributed by atoms with van der Waals surface area (Å²) in [5.41, 5.74) is -0.0607. The monoisotopic (exact) mass is 740 g/mol. The zero-order valence-electron chi connectivity index (χ0n) is 26.0. The summed E-state index contributed by atoms with van der Waals surface area (Å²) in [6, 6.07) is 21.9. The van der Waals surface area contributed by atoms with Gasteiger partial charge >= 0.3 is 39.5 Å². The van der Waals surface area contributed by atoms with E-state index in [2.05, 4.69) is 11.3 Å². The van der Waals surface area contributed by atoms with Crippen molar-refractivity contribution >= 4 is 38.3 Å². The van der Waals surface area contributed by atoms with Crippen LogP contribution in [0, 0.1) is 23.7 Å². The third-order valence-corrected chi connectivity index (χ3v) is 14.2. The number of carbonyl (C=O) groups is 3. The van der Waals surface area contributed by atoms with Crippen LogP contribution in [0.15, 0.2) is 118 Å². The smallest absolute Gasteiger partial charge is 0.432 e. The molecule has 3 aromatic carbocycles. The number of hydrogen-bond donors (Lipinski definition) is 0. The molecule has 3 aromatic rings. The number of halogens is 5. The van der Waals surface area contributed by atoms with Crippen LogP contribution in [0.2, 0.25) is 0 Å². The molecule has 2 aliphatic carbocycles. The standard InChI is InChI=1S/C34H29F5O9S2/c1-19(2)29(40)45-27-24-18-23-25(30(41)46-28(23)27)26(24)31(42)47-32(33(35,36)37)34(38,39)50(43,44)48-49(20-12-6-3-7-13-20,21-14-8-4-9-15-21)22-16-10-5-11-17-22/h3-17,23-28,32H,1,18H2,2H3. The lowest BCUT2D eigenvalue weighted by Crippen LogP contribution is -2.54. The molecule has 3 fully saturated rings. The Balaban J connectivity index is 1.38. The van der Waals surface area contributed by atoms with Crippen molar-refractivity contribution in [2.75, 3.05) is 0 Å². The molecule has 2 bridgehead atoms. The van der Waals surface area contributed by atoms with Crippen LogP contribution in [0.4, 0.5) is 22.0 Å². The topological polar surface area (TPSA) is 122 Å². The molecule has 9 nitrogen and oxygen atoms in total. The lowest BCUT2D eigenvalue weighted by molar-refractivity contribution is -0.261. The van der Waals surface area contributed by atoms with E-state index in [1.165, 1.54) is 79.7 Å². The van der Waals surface area contributed by atoms with Crippen LogP contribution in [0.5, 0.6) is 0 Å². The average Bonchev–Trinajstić information content (AvgIpc) is 3.70. The molecule has 0 N–H and O–H groups in total. The van der Waals surface area contributed by atoms with Gasteiger partial charge in [0.05, 0.1) is 11.8 Å². The molecule has 6 rings (SSSR count). The zero-order chi connectivity index (χ0) is 36.2. The number of ether oxygens (including phenoxy) is 3. The molecule has 1 saturated heterocycles. The van der Waals surface area contributed by atoms with Gasteiger partial charge in [0.25, 0.3) is 6.10 Å². The van der Waals surface area contributed by atoms with E-state index >= 15 is 8.78 Å². The van der Waals surface area contributed by atoms with Crippen molar-refractivity contribution in [2.45, 2.75) is 57.8 Å². The molecule has 0 aromatic heterocycles. The summed E-state index contributed by atoms with van der Waals surface area (Å²) in [7, 11) is -10.4. The van der Waals surface area contributed by atoms with E-state index in [1.807, 2.05) is 0 Å². The Bertz CT molecular complexity index is 1810. The normalized spacial score (nSPS) is 25.4. The van der Waals surface area contributed by atoms with Crippen LogP contribution in [-0.4, -0.2) is 56.1 Å². The van der Waals surface area contributed by atoms with Crippen LogP contribution in [0.3, 0.4) is 0 Å². The number of benzene rings is 3. The van der Waals surface area contributed by atoms with Gasteiger partial charge in [0, 0.05) is 32.1 Å². The van der Waals surface area contributed by atoms with Crippen LogP contribution < -0.4 is 0 Å². The second kappa shape index (κ2) is 12.8. The molecule has 7 atom stereocenters. The van der Waals surface area contributed by atoms with Crippen LogP contribution in [0.1, 0.15) is 13.3 Å². The highest BCUT2D eigenvalue weighted by molar-refractivity contribution is 8.33. The minimum absolute atomic E-state index is 0.0272. The van der Waals surface area contributed by atoms with E-state index in [1.54, 1.807) is 18.2 Å². The lowest BCUT2D eigenvalue weighted by atomic mass is 9.78. The van der Waals surface area contributed by atoms with Crippen molar-refractivity contribution in [3.63, 3.8) is 0 Å². The van der Waals surface area contributed by atoms with Gasteiger partial charge in [-0.05, 0) is 60.1 Å². The Morgan fingerprint density at radius 2 is 1.32 bits per heavy atom. The van der Waals surface area contributed by atoms with Crippen LogP contribution in [-0.2, 0) is 42.3 Å². The number of fused-ring (bicyclic) bond motifs is 1. The SMILES string of the molecule is C=C(C)C(=O)OC1C2CC3C1OC(=O)C3C2C(=O)OC(C(F)(F)F)C(F)(F)S(=O)(=O)OS(c1ccccc1)(c1ccccc1)c1ccccc1. The van der Waals surface area contributed by atoms with Crippen LogP contribution >= 0.6 is 10.3 Å². The van der Waals surface area contributed by atoms with Gasteiger partial charge in [-0.15, -0.1) is 0 Å². The highest BCUT2D eigenvalue weighted by atomic mass is 32.3. The van der Waals surface area contributed by atoms with Gasteiger partial charge in [-0.3, -0.25) is 9.59 Å². The van der Waals surface area contributed by atoms with E-state index in [-0.39, 0.29) is 26.7 Å². The van der Waals surface area contributed by atoms with Crippen molar-refractivity contribution in [3.8, 4) is 0 Å². The molecule has 0 amide bonds. The summed E-state index contributed by atoms with van der Waals surface area (Å²) >= 11 is 0. The zero-order valence-corrected chi connectivity index (χ0v) is 27.6. The predicted octanol–water partition coefficient (Wildman–Crippen LogP) is 6.59. The summed E-state index contributed by atoms with van der Waals surface area (Å²) in [6.07, 6.45) is -13.0. The highest BCUT2D eigenvalue weighted by Gasteiger charge is 2.73. The fraction of sp³-hybridized carbons (Fsp3) is 0.324. The molecular weight excluding hydrogens is 711 g/mol. The van der Waals surface area contributed by atoms with Crippen molar-refractivity contribution in [2.24, 2.45) is 23.7 Å². The van der Waals surface area contributed by atoms with Gasteiger partial charge in [-0.25, -0.2) is 8.42 Å². The number of alkyl halides is 5. The average molecular weight is 741 g/mol. The first-order valence-electron chi connectivity index (χ1n) is 15.2. The van der Waals surface area contributed by atoms with Gasteiger partial charge < -0.3 is 14.2 Å². The maximum Gasteiger partial charge on any atom is 0.432 e. The van der Waals surface area contributed by atoms with Crippen molar-refractivity contribution in [3.05, 3.63) is 103 Å². The van der Waals surface area contributed by atoms with Crippen molar-refractivity contribution < 1.29 is 62.6 Å². The van der Waals surface area contributed by atoms with Gasteiger partial charge in [0.2, 0.25) is 0 Å². The quantitative estimate of drug-likeness (QED) is 0.0928. The van der Waals surface area contributed by atoms with Crippen LogP contribution in [0.25, 0.3) is 0 Å². The Morgan fingerprint density at radius 3 is 1.76 bits per heavy atom. The van der Waals surface area contributed by atoms with E-state index in [4.69, 9.17) is 13.1 Å². The molecular formula is C34H29F5O9S2. The molecule has 7 unspecified atom stereocenters. The molecule has 1 aliphatic heterocycles. The van der Waals surface area contributed by atoms with E-state index in [0.29, 0.717) is 0 Å². The van der Waals surface area contributed by atoms with E-state index < -0.39 is 91.7 Å². The molecule has 0 spiro atoms. The Morgan fingerprint density at radius 1 is 0.840 bits per heavy atom. The summed E-state index contributed by atoms with van der Waals surface area (Å²) in [5.74, 6) is -8.97. The molecule has 2 saturated carbocycles. The summed E-state index contributed by atoms with van der Waals surface area (Å²) in [4.78, 5) is 38.6. The molecule has 16 heteroatoms. The van der Waals surface area contributed by atoms with E-state index in [0.717, 1.165) is 0 Å². The molecule has 1 heterocycles. The fourth-order valence-corrected chi connectivity index (χ4v) is 12.1. The second-order valence-electron chi connectivity index (χ2n) is 12.1. The van der Waals surface area contributed by atoms with Gasteiger partial charge in [0.15, 0.2) is 0 Å². The first-order valence-corrected chi connectivity index (χ1v) is 18.1. The fourth-order valence-electron chi connectivity index (χ4n) is 6.89. The third-order valence-electron chi connectivity index (χ3n) is 9.00. The first kappa shape index (κ1) is 35.5. The van der Waals surface area contributed by atoms with Gasteiger partial charge in [-0.2, -0.15) is 30.4 Å². The number of rotatable bonds is 11. The minimum atomic E-state index is -6.65. The number of hydrogen-bond acceptors (Lipinski definition) is 9. The Labute approximate surface area is 285 Å². The molecule has 50 heavy (non-hydrogen) atoms. The third kappa shape index (κ3) is 5.86. The maximum atomic E-state index is 16.2. The van der Waals surface area contributed by atoms with E-state index in [9.17, 15) is 36.0 Å². The molecule has 0 radical (unpaired) electrons. The van der Waals surface area contributed by atoms with Crippen molar-refractivity contribution in [1.29, 1.82) is 0 Å². The largest absolute Gasteiger partial charge is 0.458 e. The summed E-state index contributed by atoms with van der Waals surface area (Å²) in [6.45, 7) is 4.75. The predicted molar refractivity (Wildman–Crippen MR) is 166 cm³/mol. The highest BCUT2D eigenvalue weighted by Crippen LogP contribution is 2.71. The van der Waals surface area contributed by atoms with Gasteiger partial charge in [-0.1, -0.05) is 61.2 Å². The lowest BCUT2D eigenvalue weighted by Gasteiger charge is -2.41. The number of carbonyl (C=O) groups excluding carboxylic acids is 3.